The van der Waals surface area contributed by atoms with Crippen molar-refractivity contribution in [1.29, 1.82) is 0 Å². The van der Waals surface area contributed by atoms with E-state index in [0.717, 1.165) is 10.9 Å². The fraction of sp³-hybridized carbons (Fsp3) is 0.211. The van der Waals surface area contributed by atoms with Gasteiger partial charge in [-0.1, -0.05) is 6.07 Å². The van der Waals surface area contributed by atoms with Gasteiger partial charge in [-0.05, 0) is 23.8 Å². The molecule has 4 aromatic rings. The summed E-state index contributed by atoms with van der Waals surface area (Å²) in [5.41, 5.74) is 2.71. The van der Waals surface area contributed by atoms with Crippen molar-refractivity contribution in [2.45, 2.75) is 6.54 Å². The predicted molar refractivity (Wildman–Crippen MR) is 103 cm³/mol. The number of nitrogens with one attached hydrogen (secondary N) is 2. The van der Waals surface area contributed by atoms with Crippen LogP contribution >= 0.6 is 0 Å². The van der Waals surface area contributed by atoms with E-state index >= 15 is 0 Å². The molecule has 0 aliphatic carbocycles. The number of hydrogen-bond acceptors (Lipinski definition) is 8. The van der Waals surface area contributed by atoms with E-state index in [2.05, 4.69) is 20.3 Å². The Labute approximate surface area is 159 Å². The molecule has 144 valence electrons. The molecule has 9 heteroatoms. The maximum atomic E-state index is 11.3. The zero-order valence-electron chi connectivity index (χ0n) is 15.5. The van der Waals surface area contributed by atoms with Crippen molar-refractivity contribution in [3.8, 4) is 17.2 Å². The fourth-order valence-corrected chi connectivity index (χ4v) is 3.10. The third kappa shape index (κ3) is 2.96. The molecule has 0 fully saturated rings. The number of nitrogens with zero attached hydrogens (tertiary/aromatic N) is 2. The van der Waals surface area contributed by atoms with E-state index in [0.29, 0.717) is 46.2 Å². The van der Waals surface area contributed by atoms with Gasteiger partial charge in [-0.3, -0.25) is 4.98 Å². The normalized spacial score (nSPS) is 11.0. The number of anilines is 1. The minimum Gasteiger partial charge on any atom is -0.493 e. The summed E-state index contributed by atoms with van der Waals surface area (Å²) in [6, 6.07) is 7.27. The number of oxazole rings is 1. The van der Waals surface area contributed by atoms with Crippen LogP contribution in [0.25, 0.3) is 22.0 Å². The molecular formula is C19H18N4O5. The summed E-state index contributed by atoms with van der Waals surface area (Å²) in [5, 5.41) is 4.02. The number of rotatable bonds is 6. The van der Waals surface area contributed by atoms with Gasteiger partial charge in [0.1, 0.15) is 17.7 Å². The van der Waals surface area contributed by atoms with Crippen LogP contribution in [0.4, 0.5) is 5.82 Å². The van der Waals surface area contributed by atoms with E-state index in [1.807, 2.05) is 12.1 Å². The second-order valence-corrected chi connectivity index (χ2v) is 5.96. The summed E-state index contributed by atoms with van der Waals surface area (Å²) in [5.74, 6) is 1.60. The first-order valence-electron chi connectivity index (χ1n) is 8.44. The summed E-state index contributed by atoms with van der Waals surface area (Å²) >= 11 is 0. The highest BCUT2D eigenvalue weighted by atomic mass is 16.5. The van der Waals surface area contributed by atoms with Gasteiger partial charge in [0.2, 0.25) is 5.75 Å². The molecule has 0 unspecified atom stereocenters. The highest BCUT2D eigenvalue weighted by Crippen LogP contribution is 2.43. The quantitative estimate of drug-likeness (QED) is 0.524. The number of methoxy groups -OCH3 is 3. The van der Waals surface area contributed by atoms with E-state index in [-0.39, 0.29) is 0 Å². The Morgan fingerprint density at radius 3 is 2.64 bits per heavy atom. The average Bonchev–Trinajstić information content (AvgIpc) is 3.09. The van der Waals surface area contributed by atoms with Gasteiger partial charge in [0.05, 0.1) is 32.2 Å². The van der Waals surface area contributed by atoms with Crippen LogP contribution in [-0.4, -0.2) is 36.3 Å². The Bertz CT molecular complexity index is 1210. The first kappa shape index (κ1) is 17.7. The standard InChI is InChI=1S/C19H18N4O5/c1-25-14-7-11-15(17(27-3)16(14)26-2)21-9-22-18(11)20-8-10-4-5-13-12(6-10)23-19(24)28-13/h4-7,9H,8H2,1-3H3,(H,23,24)(H,20,21,22). The molecule has 2 aromatic heterocycles. The van der Waals surface area contributed by atoms with Crippen molar-refractivity contribution in [2.75, 3.05) is 26.6 Å². The number of ether oxygens (including phenoxy) is 3. The van der Waals surface area contributed by atoms with Gasteiger partial charge < -0.3 is 23.9 Å². The topological polar surface area (TPSA) is 112 Å². The molecule has 0 saturated carbocycles. The van der Waals surface area contributed by atoms with Crippen molar-refractivity contribution in [2.24, 2.45) is 0 Å². The van der Waals surface area contributed by atoms with E-state index < -0.39 is 5.76 Å². The summed E-state index contributed by atoms with van der Waals surface area (Å²) in [6.45, 7) is 0.478. The largest absolute Gasteiger partial charge is 0.493 e. The zero-order valence-corrected chi connectivity index (χ0v) is 15.5. The average molecular weight is 382 g/mol. The number of H-pyrrole nitrogens is 1. The van der Waals surface area contributed by atoms with Gasteiger partial charge in [-0.15, -0.1) is 0 Å². The van der Waals surface area contributed by atoms with Crippen molar-refractivity contribution in [3.05, 3.63) is 46.7 Å². The lowest BCUT2D eigenvalue weighted by atomic mass is 10.1. The van der Waals surface area contributed by atoms with Crippen LogP contribution in [0.5, 0.6) is 17.2 Å². The number of aromatic amines is 1. The molecule has 0 radical (unpaired) electrons. The van der Waals surface area contributed by atoms with E-state index in [1.54, 1.807) is 33.5 Å². The molecular weight excluding hydrogens is 364 g/mol. The maximum Gasteiger partial charge on any atom is 0.417 e. The van der Waals surface area contributed by atoms with Crippen molar-refractivity contribution in [1.82, 2.24) is 15.0 Å². The Morgan fingerprint density at radius 1 is 1.07 bits per heavy atom. The molecule has 2 heterocycles. The van der Waals surface area contributed by atoms with Crippen LogP contribution in [0.2, 0.25) is 0 Å². The van der Waals surface area contributed by atoms with Gasteiger partial charge >= 0.3 is 5.76 Å². The SMILES string of the molecule is COc1cc2c(NCc3ccc4oc(=O)[nH]c4c3)ncnc2c(OC)c1OC. The zero-order chi connectivity index (χ0) is 19.7. The maximum absolute atomic E-state index is 11.3. The highest BCUT2D eigenvalue weighted by molar-refractivity contribution is 5.96. The molecule has 9 nitrogen and oxygen atoms in total. The van der Waals surface area contributed by atoms with Crippen LogP contribution in [0.3, 0.4) is 0 Å². The van der Waals surface area contributed by atoms with Crippen molar-refractivity contribution in [3.63, 3.8) is 0 Å². The second-order valence-electron chi connectivity index (χ2n) is 5.96. The lowest BCUT2D eigenvalue weighted by molar-refractivity contribution is 0.327. The van der Waals surface area contributed by atoms with Crippen LogP contribution < -0.4 is 25.3 Å². The number of benzene rings is 2. The molecule has 28 heavy (non-hydrogen) atoms. The molecule has 2 aromatic carbocycles. The monoisotopic (exact) mass is 382 g/mol. The molecule has 2 N–H and O–H groups in total. The fourth-order valence-electron chi connectivity index (χ4n) is 3.10. The van der Waals surface area contributed by atoms with E-state index in [9.17, 15) is 4.79 Å². The highest BCUT2D eigenvalue weighted by Gasteiger charge is 2.19. The molecule has 0 amide bonds. The Hall–Kier alpha value is -3.75. The van der Waals surface area contributed by atoms with Gasteiger partial charge in [-0.25, -0.2) is 14.8 Å². The van der Waals surface area contributed by atoms with Crippen LogP contribution in [0.1, 0.15) is 5.56 Å². The predicted octanol–water partition coefficient (Wildman–Crippen LogP) is 2.70. The lowest BCUT2D eigenvalue weighted by Gasteiger charge is -2.16. The molecule has 0 bridgehead atoms. The Balaban J connectivity index is 1.72. The van der Waals surface area contributed by atoms with Gasteiger partial charge in [0.25, 0.3) is 0 Å². The van der Waals surface area contributed by atoms with E-state index in [1.165, 1.54) is 6.33 Å². The van der Waals surface area contributed by atoms with Crippen LogP contribution in [-0.2, 0) is 6.54 Å². The molecule has 0 aliphatic heterocycles. The Kier molecular flexibility index (Phi) is 4.48. The summed E-state index contributed by atoms with van der Waals surface area (Å²) in [4.78, 5) is 22.6. The van der Waals surface area contributed by atoms with Gasteiger partial charge in [0, 0.05) is 6.54 Å². The minimum absolute atomic E-state index is 0.469. The third-order valence-electron chi connectivity index (χ3n) is 4.38. The summed E-state index contributed by atoms with van der Waals surface area (Å²) in [7, 11) is 4.65. The summed E-state index contributed by atoms with van der Waals surface area (Å²) in [6.07, 6.45) is 1.45. The number of fused-ring (bicyclic) bond motifs is 2. The lowest BCUT2D eigenvalue weighted by Crippen LogP contribution is -2.04. The first-order valence-corrected chi connectivity index (χ1v) is 8.44. The Morgan fingerprint density at radius 2 is 1.89 bits per heavy atom. The number of hydrogen-bond donors (Lipinski definition) is 2. The smallest absolute Gasteiger partial charge is 0.417 e. The third-order valence-corrected chi connectivity index (χ3v) is 4.38. The van der Waals surface area contributed by atoms with Crippen molar-refractivity contribution < 1.29 is 18.6 Å². The first-order chi connectivity index (χ1) is 13.6. The van der Waals surface area contributed by atoms with Gasteiger partial charge in [-0.2, -0.15) is 0 Å². The number of aromatic nitrogens is 3. The second kappa shape index (κ2) is 7.10. The van der Waals surface area contributed by atoms with Crippen LogP contribution in [0, 0.1) is 0 Å². The summed E-state index contributed by atoms with van der Waals surface area (Å²) < 4.78 is 21.3. The molecule has 0 atom stereocenters. The van der Waals surface area contributed by atoms with Gasteiger partial charge in [0.15, 0.2) is 17.1 Å². The molecule has 0 aliphatic rings. The molecule has 4 rings (SSSR count). The molecule has 0 saturated heterocycles. The minimum atomic E-state index is -0.477. The van der Waals surface area contributed by atoms with Crippen molar-refractivity contribution >= 4 is 27.8 Å². The van der Waals surface area contributed by atoms with Crippen LogP contribution in [0.15, 0.2) is 39.8 Å². The van der Waals surface area contributed by atoms with E-state index in [4.69, 9.17) is 18.6 Å². The molecule has 0 spiro atoms.